The van der Waals surface area contributed by atoms with Gasteiger partial charge in [0, 0.05) is 26.3 Å². The van der Waals surface area contributed by atoms with E-state index in [0.29, 0.717) is 11.0 Å². The van der Waals surface area contributed by atoms with E-state index in [9.17, 15) is 4.79 Å². The number of carbonyl (C=O) groups is 1. The molecule has 0 saturated carbocycles. The van der Waals surface area contributed by atoms with Crippen LogP contribution in [0.5, 0.6) is 0 Å². The van der Waals surface area contributed by atoms with Crippen LogP contribution in [0.25, 0.3) is 0 Å². The minimum atomic E-state index is -0.880. The highest BCUT2D eigenvalue weighted by Gasteiger charge is 2.26. The van der Waals surface area contributed by atoms with Crippen LogP contribution in [0, 0.1) is 5.41 Å². The summed E-state index contributed by atoms with van der Waals surface area (Å²) in [7, 11) is 0. The maximum absolute atomic E-state index is 10.7. The number of carboxylic acids is 1. The average molecular weight is 263 g/mol. The van der Waals surface area contributed by atoms with E-state index >= 15 is 0 Å². The molecule has 2 N–H and O–H groups in total. The second kappa shape index (κ2) is 6.17. The molecular weight excluding hydrogens is 242 g/mol. The maximum Gasteiger partial charge on any atom is 0.335 e. The Morgan fingerprint density at radius 3 is 2.53 bits per heavy atom. The summed E-state index contributed by atoms with van der Waals surface area (Å²) in [6, 6.07) is 7.02. The molecule has 0 aliphatic carbocycles. The zero-order chi connectivity index (χ0) is 13.7. The molecule has 4 nitrogen and oxygen atoms in total. The molecular formula is C15H21NO3. The summed E-state index contributed by atoms with van der Waals surface area (Å²) >= 11 is 0. The van der Waals surface area contributed by atoms with Gasteiger partial charge in [-0.25, -0.2) is 4.79 Å². The molecule has 1 aliphatic heterocycles. The van der Waals surface area contributed by atoms with Crippen molar-refractivity contribution in [3.05, 3.63) is 35.4 Å². The number of ether oxygens (including phenoxy) is 1. The zero-order valence-electron chi connectivity index (χ0n) is 11.3. The SMILES string of the molecule is CC1(CNCc2ccc(C(=O)O)cc2)CCOCC1. The third kappa shape index (κ3) is 4.04. The number of hydrogen-bond acceptors (Lipinski definition) is 3. The van der Waals surface area contributed by atoms with Crippen molar-refractivity contribution in [3.63, 3.8) is 0 Å². The summed E-state index contributed by atoms with van der Waals surface area (Å²) < 4.78 is 5.38. The second-order valence-electron chi connectivity index (χ2n) is 5.53. The van der Waals surface area contributed by atoms with Gasteiger partial charge in [-0.3, -0.25) is 0 Å². The van der Waals surface area contributed by atoms with Gasteiger partial charge in [0.15, 0.2) is 0 Å². The quantitative estimate of drug-likeness (QED) is 0.855. The second-order valence-corrected chi connectivity index (χ2v) is 5.53. The van der Waals surface area contributed by atoms with E-state index in [1.165, 1.54) is 0 Å². The van der Waals surface area contributed by atoms with Gasteiger partial charge in [-0.2, -0.15) is 0 Å². The highest BCUT2D eigenvalue weighted by molar-refractivity contribution is 5.87. The van der Waals surface area contributed by atoms with Crippen LogP contribution >= 0.6 is 0 Å². The smallest absolute Gasteiger partial charge is 0.335 e. The Labute approximate surface area is 113 Å². The average Bonchev–Trinajstić information content (AvgIpc) is 2.40. The lowest BCUT2D eigenvalue weighted by Gasteiger charge is -2.33. The molecule has 1 heterocycles. The van der Waals surface area contributed by atoms with Crippen LogP contribution in [-0.2, 0) is 11.3 Å². The lowest BCUT2D eigenvalue weighted by Crippen LogP contribution is -2.36. The fourth-order valence-electron chi connectivity index (χ4n) is 2.31. The number of benzene rings is 1. The lowest BCUT2D eigenvalue weighted by molar-refractivity contribution is 0.0240. The highest BCUT2D eigenvalue weighted by Crippen LogP contribution is 2.28. The molecule has 19 heavy (non-hydrogen) atoms. The van der Waals surface area contributed by atoms with Gasteiger partial charge in [0.1, 0.15) is 0 Å². The Morgan fingerprint density at radius 2 is 1.95 bits per heavy atom. The van der Waals surface area contributed by atoms with Crippen molar-refractivity contribution in [3.8, 4) is 0 Å². The molecule has 0 radical (unpaired) electrons. The van der Waals surface area contributed by atoms with Crippen LogP contribution < -0.4 is 5.32 Å². The van der Waals surface area contributed by atoms with E-state index in [1.807, 2.05) is 12.1 Å². The molecule has 1 aromatic rings. The fourth-order valence-corrected chi connectivity index (χ4v) is 2.31. The number of rotatable bonds is 5. The molecule has 4 heteroatoms. The van der Waals surface area contributed by atoms with Gasteiger partial charge < -0.3 is 15.2 Å². The minimum Gasteiger partial charge on any atom is -0.478 e. The topological polar surface area (TPSA) is 58.6 Å². The van der Waals surface area contributed by atoms with Crippen molar-refractivity contribution in [2.24, 2.45) is 5.41 Å². The summed E-state index contributed by atoms with van der Waals surface area (Å²) in [6.45, 7) is 5.74. The van der Waals surface area contributed by atoms with E-state index in [-0.39, 0.29) is 0 Å². The van der Waals surface area contributed by atoms with E-state index in [2.05, 4.69) is 12.2 Å². The molecule has 0 amide bonds. The molecule has 0 aromatic heterocycles. The molecule has 1 aromatic carbocycles. The fraction of sp³-hybridized carbons (Fsp3) is 0.533. The lowest BCUT2D eigenvalue weighted by atomic mass is 9.82. The Kier molecular flexibility index (Phi) is 4.56. The van der Waals surface area contributed by atoms with Crippen molar-refractivity contribution in [2.45, 2.75) is 26.3 Å². The summed E-state index contributed by atoms with van der Waals surface area (Å²) in [5.74, 6) is -0.880. The van der Waals surface area contributed by atoms with Gasteiger partial charge in [0.05, 0.1) is 5.56 Å². The van der Waals surface area contributed by atoms with Gasteiger partial charge in [0.25, 0.3) is 0 Å². The predicted molar refractivity (Wildman–Crippen MR) is 73.3 cm³/mol. The molecule has 0 atom stereocenters. The standard InChI is InChI=1S/C15H21NO3/c1-15(6-8-19-9-7-15)11-16-10-12-2-4-13(5-3-12)14(17)18/h2-5,16H,6-11H2,1H3,(H,17,18). The Hall–Kier alpha value is -1.39. The van der Waals surface area contributed by atoms with Crippen molar-refractivity contribution >= 4 is 5.97 Å². The van der Waals surface area contributed by atoms with Gasteiger partial charge in [-0.15, -0.1) is 0 Å². The molecule has 1 fully saturated rings. The number of hydrogen-bond donors (Lipinski definition) is 2. The largest absolute Gasteiger partial charge is 0.478 e. The van der Waals surface area contributed by atoms with Gasteiger partial charge in [-0.1, -0.05) is 19.1 Å². The third-order valence-electron chi connectivity index (χ3n) is 3.78. The number of aromatic carboxylic acids is 1. The maximum atomic E-state index is 10.7. The number of carboxylic acid groups (broad SMARTS) is 1. The highest BCUT2D eigenvalue weighted by atomic mass is 16.5. The van der Waals surface area contributed by atoms with Crippen LogP contribution in [-0.4, -0.2) is 30.8 Å². The van der Waals surface area contributed by atoms with Gasteiger partial charge in [0.2, 0.25) is 0 Å². The van der Waals surface area contributed by atoms with Gasteiger partial charge in [-0.05, 0) is 36.0 Å². The van der Waals surface area contributed by atoms with Crippen molar-refractivity contribution in [1.29, 1.82) is 0 Å². The molecule has 0 bridgehead atoms. The van der Waals surface area contributed by atoms with Crippen molar-refractivity contribution < 1.29 is 14.6 Å². The normalized spacial score (nSPS) is 18.2. The molecule has 0 unspecified atom stereocenters. The Balaban J connectivity index is 1.80. The third-order valence-corrected chi connectivity index (χ3v) is 3.78. The van der Waals surface area contributed by atoms with Crippen molar-refractivity contribution in [1.82, 2.24) is 5.32 Å². The predicted octanol–water partition coefficient (Wildman–Crippen LogP) is 2.29. The molecule has 1 aliphatic rings. The first kappa shape index (κ1) is 14.0. The van der Waals surface area contributed by atoms with Crippen LogP contribution in [0.4, 0.5) is 0 Å². The summed E-state index contributed by atoms with van der Waals surface area (Å²) in [5, 5.41) is 12.3. The first-order chi connectivity index (χ1) is 9.09. The Bertz CT molecular complexity index is 422. The van der Waals surface area contributed by atoms with Crippen LogP contribution in [0.15, 0.2) is 24.3 Å². The van der Waals surface area contributed by atoms with E-state index in [4.69, 9.17) is 9.84 Å². The summed E-state index contributed by atoms with van der Waals surface area (Å²) in [5.41, 5.74) is 1.76. The van der Waals surface area contributed by atoms with Gasteiger partial charge >= 0.3 is 5.97 Å². The monoisotopic (exact) mass is 263 g/mol. The molecule has 2 rings (SSSR count). The first-order valence-corrected chi connectivity index (χ1v) is 6.70. The molecule has 1 saturated heterocycles. The van der Waals surface area contributed by atoms with Crippen molar-refractivity contribution in [2.75, 3.05) is 19.8 Å². The minimum absolute atomic E-state index is 0.319. The van der Waals surface area contributed by atoms with Crippen LogP contribution in [0.1, 0.15) is 35.7 Å². The van der Waals surface area contributed by atoms with E-state index in [0.717, 1.165) is 44.7 Å². The summed E-state index contributed by atoms with van der Waals surface area (Å²) in [6.07, 6.45) is 2.19. The van der Waals surface area contributed by atoms with E-state index in [1.54, 1.807) is 12.1 Å². The zero-order valence-corrected chi connectivity index (χ0v) is 11.3. The van der Waals surface area contributed by atoms with Crippen LogP contribution in [0.3, 0.4) is 0 Å². The summed E-state index contributed by atoms with van der Waals surface area (Å²) in [4.78, 5) is 10.7. The van der Waals surface area contributed by atoms with Crippen LogP contribution in [0.2, 0.25) is 0 Å². The molecule has 0 spiro atoms. The number of nitrogens with one attached hydrogen (secondary N) is 1. The first-order valence-electron chi connectivity index (χ1n) is 6.70. The van der Waals surface area contributed by atoms with E-state index < -0.39 is 5.97 Å². The molecule has 104 valence electrons. The Morgan fingerprint density at radius 1 is 1.32 bits per heavy atom.